The zero-order chi connectivity index (χ0) is 22.1. The molecule has 0 saturated heterocycles. The second-order valence-corrected chi connectivity index (χ2v) is 7.87. The number of pyridine rings is 1. The van der Waals surface area contributed by atoms with E-state index in [2.05, 4.69) is 14.4 Å². The van der Waals surface area contributed by atoms with Gasteiger partial charge in [-0.1, -0.05) is 6.92 Å². The van der Waals surface area contributed by atoms with Crippen LogP contribution in [0.15, 0.2) is 58.1 Å². The summed E-state index contributed by atoms with van der Waals surface area (Å²) in [4.78, 5) is 7.57. The van der Waals surface area contributed by atoms with Gasteiger partial charge in [-0.15, -0.1) is 0 Å². The minimum atomic E-state index is -4.67. The number of hydrogen-bond donors (Lipinski definition) is 0. The molecular weight excluding hydrogens is 421 g/mol. The monoisotopic (exact) mass is 437 g/mol. The van der Waals surface area contributed by atoms with Crippen LogP contribution in [-0.4, -0.2) is 28.9 Å². The summed E-state index contributed by atoms with van der Waals surface area (Å²) in [5.74, 6) is -0.785. The molecule has 30 heavy (non-hydrogen) atoms. The van der Waals surface area contributed by atoms with Gasteiger partial charge in [0.25, 0.3) is 10.0 Å². The van der Waals surface area contributed by atoms with Crippen molar-refractivity contribution >= 4 is 15.9 Å². The molecule has 0 spiro atoms. The van der Waals surface area contributed by atoms with Gasteiger partial charge in [0.1, 0.15) is 5.82 Å². The third-order valence-electron chi connectivity index (χ3n) is 4.18. The van der Waals surface area contributed by atoms with Gasteiger partial charge in [-0.05, 0) is 55.6 Å². The third-order valence-corrected chi connectivity index (χ3v) is 5.49. The van der Waals surface area contributed by atoms with Crippen LogP contribution in [0.1, 0.15) is 24.7 Å². The summed E-state index contributed by atoms with van der Waals surface area (Å²) in [7, 11) is -4.20. The Labute approximate surface area is 170 Å². The van der Waals surface area contributed by atoms with E-state index < -0.39 is 27.8 Å². The molecule has 0 bridgehead atoms. The first-order valence-corrected chi connectivity index (χ1v) is 10.2. The normalized spacial score (nSPS) is 12.9. The molecule has 0 aliphatic rings. The number of nitrogens with zero attached hydrogens (tertiary/aromatic N) is 4. The van der Waals surface area contributed by atoms with E-state index in [1.54, 1.807) is 19.1 Å². The van der Waals surface area contributed by atoms with E-state index in [1.807, 2.05) is 0 Å². The number of aromatic nitrogens is 3. The van der Waals surface area contributed by atoms with Gasteiger partial charge in [0.05, 0.1) is 4.90 Å². The van der Waals surface area contributed by atoms with Crippen LogP contribution in [0, 0.1) is 6.92 Å². The molecule has 0 aliphatic heterocycles. The molecule has 2 aromatic heterocycles. The predicted octanol–water partition coefficient (Wildman–Crippen LogP) is 3.12. The van der Waals surface area contributed by atoms with Gasteiger partial charge in [0, 0.05) is 29.3 Å². The molecule has 158 valence electrons. The Morgan fingerprint density at radius 2 is 1.87 bits per heavy atom. The molecule has 0 radical (unpaired) electrons. The summed E-state index contributed by atoms with van der Waals surface area (Å²) in [6, 6.07) is 8.14. The fourth-order valence-electron chi connectivity index (χ4n) is 2.65. The minimum Gasteiger partial charge on any atom is -0.861 e. The van der Waals surface area contributed by atoms with E-state index in [9.17, 15) is 26.7 Å². The van der Waals surface area contributed by atoms with E-state index in [0.29, 0.717) is 11.3 Å². The number of alkyl halides is 3. The zero-order valence-electron chi connectivity index (χ0n) is 15.9. The lowest BCUT2D eigenvalue weighted by molar-refractivity contribution is -0.217. The van der Waals surface area contributed by atoms with Gasteiger partial charge in [-0.25, -0.2) is 4.98 Å². The Bertz CT molecular complexity index is 1200. The lowest BCUT2D eigenvalue weighted by atomic mass is 10.2. The number of rotatable bonds is 5. The summed E-state index contributed by atoms with van der Waals surface area (Å²) in [6.07, 6.45) is -2.40. The summed E-state index contributed by atoms with van der Waals surface area (Å²) in [6.45, 7) is 3.12. The standard InChI is InChI=1S/C19H17F3N4O3S/c1-3-17(27)25-30(28,29)14-8-6-13(7-9-14)26-11-16(19(20,21)22)24-18(26)15-5-4-10-23-12(15)2/h4-11H,3H2,1-2H3,(H,25,27)/p-1. The van der Waals surface area contributed by atoms with Crippen molar-refractivity contribution in [2.24, 2.45) is 4.40 Å². The molecule has 3 aromatic rings. The van der Waals surface area contributed by atoms with Gasteiger partial charge < -0.3 is 5.11 Å². The second kappa shape index (κ2) is 7.90. The summed E-state index contributed by atoms with van der Waals surface area (Å²) in [5, 5.41) is 11.3. The maximum atomic E-state index is 13.3. The van der Waals surface area contributed by atoms with Crippen LogP contribution >= 0.6 is 0 Å². The van der Waals surface area contributed by atoms with E-state index >= 15 is 0 Å². The zero-order valence-corrected chi connectivity index (χ0v) is 16.7. The topological polar surface area (TPSA) is 100 Å². The van der Waals surface area contributed by atoms with Crippen molar-refractivity contribution in [3.05, 3.63) is 60.2 Å². The van der Waals surface area contributed by atoms with Crippen molar-refractivity contribution in [1.82, 2.24) is 14.5 Å². The van der Waals surface area contributed by atoms with Crippen molar-refractivity contribution in [2.45, 2.75) is 31.3 Å². The van der Waals surface area contributed by atoms with Crippen LogP contribution in [0.5, 0.6) is 0 Å². The molecular formula is C19H16F3N4O3S-. The maximum absolute atomic E-state index is 13.3. The fraction of sp³-hybridized carbons (Fsp3) is 0.211. The Hall–Kier alpha value is -3.21. The molecule has 0 amide bonds. The maximum Gasteiger partial charge on any atom is 0.434 e. The highest BCUT2D eigenvalue weighted by atomic mass is 32.2. The van der Waals surface area contributed by atoms with E-state index in [1.165, 1.54) is 42.0 Å². The number of benzene rings is 1. The molecule has 3 rings (SSSR count). The van der Waals surface area contributed by atoms with Crippen molar-refractivity contribution in [1.29, 1.82) is 0 Å². The van der Waals surface area contributed by atoms with Crippen molar-refractivity contribution in [3.63, 3.8) is 0 Å². The van der Waals surface area contributed by atoms with E-state index in [-0.39, 0.29) is 22.8 Å². The molecule has 0 fully saturated rings. The van der Waals surface area contributed by atoms with Crippen molar-refractivity contribution < 1.29 is 26.7 Å². The fourth-order valence-corrected chi connectivity index (χ4v) is 3.64. The predicted molar refractivity (Wildman–Crippen MR) is 101 cm³/mol. The van der Waals surface area contributed by atoms with Gasteiger partial charge in [0.15, 0.2) is 5.69 Å². The smallest absolute Gasteiger partial charge is 0.434 e. The van der Waals surface area contributed by atoms with Crippen LogP contribution in [0.3, 0.4) is 0 Å². The number of aryl methyl sites for hydroxylation is 1. The molecule has 1 aromatic carbocycles. The number of hydrogen-bond acceptors (Lipinski definition) is 5. The molecule has 2 heterocycles. The van der Waals surface area contributed by atoms with Crippen LogP contribution in [-0.2, 0) is 16.2 Å². The van der Waals surface area contributed by atoms with E-state index in [0.717, 1.165) is 6.20 Å². The second-order valence-electron chi connectivity index (χ2n) is 6.26. The third kappa shape index (κ3) is 4.35. The minimum absolute atomic E-state index is 0.00869. The highest BCUT2D eigenvalue weighted by Crippen LogP contribution is 2.33. The molecule has 0 N–H and O–H groups in total. The lowest BCUT2D eigenvalue weighted by Crippen LogP contribution is -2.18. The average molecular weight is 437 g/mol. The number of halogens is 3. The van der Waals surface area contributed by atoms with E-state index in [4.69, 9.17) is 0 Å². The number of imidazole rings is 1. The summed E-state index contributed by atoms with van der Waals surface area (Å²) < 4.78 is 68.5. The SMILES string of the molecule is CC/C([O-])=N/S(=O)(=O)c1ccc(-n2cc(C(F)(F)F)nc2-c2cccnc2C)cc1. The summed E-state index contributed by atoms with van der Waals surface area (Å²) >= 11 is 0. The van der Waals surface area contributed by atoms with Crippen LogP contribution < -0.4 is 5.11 Å². The quantitative estimate of drug-likeness (QED) is 0.451. The Morgan fingerprint density at radius 1 is 1.20 bits per heavy atom. The lowest BCUT2D eigenvalue weighted by Gasteiger charge is -2.11. The first-order valence-electron chi connectivity index (χ1n) is 8.73. The molecule has 0 saturated carbocycles. The summed E-state index contributed by atoms with van der Waals surface area (Å²) in [5.41, 5.74) is 0.0282. The van der Waals surface area contributed by atoms with Gasteiger partial charge in [-0.3, -0.25) is 9.55 Å². The molecule has 11 heteroatoms. The van der Waals surface area contributed by atoms with Crippen LogP contribution in [0.4, 0.5) is 13.2 Å². The Balaban J connectivity index is 2.12. The molecule has 0 unspecified atom stereocenters. The van der Waals surface area contributed by atoms with Crippen molar-refractivity contribution in [3.8, 4) is 17.1 Å². The van der Waals surface area contributed by atoms with Gasteiger partial charge in [-0.2, -0.15) is 26.0 Å². The highest BCUT2D eigenvalue weighted by Gasteiger charge is 2.35. The van der Waals surface area contributed by atoms with Crippen LogP contribution in [0.25, 0.3) is 17.1 Å². The Morgan fingerprint density at radius 3 is 2.43 bits per heavy atom. The molecule has 0 aliphatic carbocycles. The molecule has 0 atom stereocenters. The Kier molecular flexibility index (Phi) is 5.66. The first-order chi connectivity index (χ1) is 14.0. The molecule has 7 nitrogen and oxygen atoms in total. The first kappa shape index (κ1) is 21.5. The van der Waals surface area contributed by atoms with Gasteiger partial charge >= 0.3 is 6.18 Å². The highest BCUT2D eigenvalue weighted by molar-refractivity contribution is 7.90. The largest absolute Gasteiger partial charge is 0.861 e. The number of sulfonamides is 1. The van der Waals surface area contributed by atoms with Crippen molar-refractivity contribution in [2.75, 3.05) is 0 Å². The average Bonchev–Trinajstić information content (AvgIpc) is 3.13. The van der Waals surface area contributed by atoms with Gasteiger partial charge in [0.2, 0.25) is 0 Å². The van der Waals surface area contributed by atoms with Crippen LogP contribution in [0.2, 0.25) is 0 Å².